The monoisotopic (exact) mass is 498 g/mol. The molecule has 36 heavy (non-hydrogen) atoms. The lowest BCUT2D eigenvalue weighted by molar-refractivity contribution is -0.141. The predicted octanol–water partition coefficient (Wildman–Crippen LogP) is 4.34. The average Bonchev–Trinajstić information content (AvgIpc) is 2.86. The maximum atomic E-state index is 13.4. The van der Waals surface area contributed by atoms with Crippen molar-refractivity contribution in [2.24, 2.45) is 11.8 Å². The molecular weight excluding hydrogens is 456 g/mol. The van der Waals surface area contributed by atoms with E-state index in [1.807, 2.05) is 24.3 Å². The third-order valence-corrected chi connectivity index (χ3v) is 7.23. The van der Waals surface area contributed by atoms with E-state index in [-0.39, 0.29) is 48.8 Å². The summed E-state index contributed by atoms with van der Waals surface area (Å²) in [5.74, 6) is -0.101. The molecule has 1 saturated carbocycles. The Balaban J connectivity index is 1.56. The molecule has 0 radical (unpaired) electrons. The molecule has 1 aliphatic heterocycles. The van der Waals surface area contributed by atoms with Crippen LogP contribution >= 0.6 is 0 Å². The van der Waals surface area contributed by atoms with E-state index >= 15 is 0 Å². The van der Waals surface area contributed by atoms with E-state index in [0.717, 1.165) is 38.5 Å². The molecule has 1 aromatic rings. The van der Waals surface area contributed by atoms with Crippen LogP contribution < -0.4 is 10.6 Å². The van der Waals surface area contributed by atoms with E-state index in [1.165, 1.54) is 10.5 Å². The maximum absolute atomic E-state index is 13.4. The Morgan fingerprint density at radius 2 is 1.75 bits per heavy atom. The van der Waals surface area contributed by atoms with Gasteiger partial charge in [0.2, 0.25) is 17.7 Å². The molecule has 2 fully saturated rings. The van der Waals surface area contributed by atoms with E-state index in [1.54, 1.807) is 4.90 Å². The molecule has 8 heteroatoms. The first-order valence-corrected chi connectivity index (χ1v) is 13.6. The van der Waals surface area contributed by atoms with Crippen LogP contribution in [-0.2, 0) is 20.8 Å². The molecule has 1 heterocycles. The number of hydrogen-bond donors (Lipinski definition) is 2. The fourth-order valence-corrected chi connectivity index (χ4v) is 5.08. The summed E-state index contributed by atoms with van der Waals surface area (Å²) in [6.45, 7) is 7.18. The van der Waals surface area contributed by atoms with Gasteiger partial charge < -0.3 is 15.5 Å². The molecule has 1 aromatic carbocycles. The summed E-state index contributed by atoms with van der Waals surface area (Å²) in [6, 6.07) is 7.07. The summed E-state index contributed by atoms with van der Waals surface area (Å²) in [7, 11) is 0. The van der Waals surface area contributed by atoms with Crippen molar-refractivity contribution in [3.63, 3.8) is 0 Å². The molecule has 0 spiro atoms. The fraction of sp³-hybridized carbons (Fsp3) is 0.643. The fourth-order valence-electron chi connectivity index (χ4n) is 5.08. The Kier molecular flexibility index (Phi) is 10.3. The van der Waals surface area contributed by atoms with Crippen molar-refractivity contribution in [3.8, 4) is 0 Å². The van der Waals surface area contributed by atoms with E-state index in [9.17, 15) is 19.2 Å². The third kappa shape index (κ3) is 7.55. The Hall–Kier alpha value is -2.90. The predicted molar refractivity (Wildman–Crippen MR) is 140 cm³/mol. The minimum atomic E-state index is -0.388. The van der Waals surface area contributed by atoms with Crippen molar-refractivity contribution < 1.29 is 19.2 Å². The minimum Gasteiger partial charge on any atom is -0.356 e. The second kappa shape index (κ2) is 13.4. The smallest absolute Gasteiger partial charge is 0.327 e. The Morgan fingerprint density at radius 1 is 1.03 bits per heavy atom. The van der Waals surface area contributed by atoms with Crippen molar-refractivity contribution in [3.05, 3.63) is 29.8 Å². The molecule has 0 bridgehead atoms. The first-order valence-electron chi connectivity index (χ1n) is 13.6. The summed E-state index contributed by atoms with van der Waals surface area (Å²) in [6.07, 6.45) is 6.80. The van der Waals surface area contributed by atoms with Crippen molar-refractivity contribution in [1.29, 1.82) is 0 Å². The number of hydrogen-bond acceptors (Lipinski definition) is 4. The van der Waals surface area contributed by atoms with Crippen molar-refractivity contribution in [1.82, 2.24) is 15.1 Å². The van der Waals surface area contributed by atoms with E-state index in [4.69, 9.17) is 0 Å². The number of nitrogens with one attached hydrogen (secondary N) is 2. The first-order chi connectivity index (χ1) is 17.3. The molecule has 3 rings (SSSR count). The Morgan fingerprint density at radius 3 is 2.44 bits per heavy atom. The molecule has 2 aliphatic rings. The molecule has 0 aromatic heterocycles. The van der Waals surface area contributed by atoms with Gasteiger partial charge in [-0.3, -0.25) is 19.3 Å². The van der Waals surface area contributed by atoms with Crippen LogP contribution in [0, 0.1) is 11.8 Å². The summed E-state index contributed by atoms with van der Waals surface area (Å²) < 4.78 is 0. The third-order valence-electron chi connectivity index (χ3n) is 7.23. The highest BCUT2D eigenvalue weighted by Gasteiger charge is 2.47. The number of fused-ring (bicyclic) bond motifs is 1. The lowest BCUT2D eigenvalue weighted by Gasteiger charge is -2.46. The standard InChI is InChI=1S/C28H42N4O4/c1-4-21-12-14-22(15-13-21)30-26(34)19-32-24-10-6-5-9-23(24)27(35)31(28(32)36)18-8-7-11-25(33)29-17-16-20(2)3/h12-15,20,23-24H,4-11,16-19H2,1-3H3,(H,29,33)(H,30,34). The van der Waals surface area contributed by atoms with Crippen LogP contribution in [-0.4, -0.2) is 59.2 Å². The zero-order valence-electron chi connectivity index (χ0n) is 22.1. The molecule has 8 nitrogen and oxygen atoms in total. The van der Waals surface area contributed by atoms with Gasteiger partial charge in [-0.05, 0) is 62.1 Å². The van der Waals surface area contributed by atoms with Gasteiger partial charge in [0.15, 0.2) is 0 Å². The van der Waals surface area contributed by atoms with Gasteiger partial charge in [-0.25, -0.2) is 4.79 Å². The van der Waals surface area contributed by atoms with Gasteiger partial charge in [0.25, 0.3) is 0 Å². The van der Waals surface area contributed by atoms with Gasteiger partial charge >= 0.3 is 6.03 Å². The van der Waals surface area contributed by atoms with Crippen molar-refractivity contribution in [2.45, 2.75) is 84.6 Å². The van der Waals surface area contributed by atoms with Crippen molar-refractivity contribution >= 4 is 29.4 Å². The van der Waals surface area contributed by atoms with Crippen LogP contribution in [0.25, 0.3) is 0 Å². The van der Waals surface area contributed by atoms with E-state index in [2.05, 4.69) is 31.4 Å². The summed E-state index contributed by atoms with van der Waals surface area (Å²) in [5.41, 5.74) is 1.88. The first kappa shape index (κ1) is 27.7. The van der Waals surface area contributed by atoms with Gasteiger partial charge in [0, 0.05) is 31.2 Å². The van der Waals surface area contributed by atoms with Gasteiger partial charge in [0.1, 0.15) is 6.54 Å². The summed E-state index contributed by atoms with van der Waals surface area (Å²) in [4.78, 5) is 54.4. The van der Waals surface area contributed by atoms with Crippen LogP contribution in [0.4, 0.5) is 10.5 Å². The minimum absolute atomic E-state index is 0.00422. The Labute approximate surface area is 215 Å². The highest BCUT2D eigenvalue weighted by molar-refractivity contribution is 6.01. The number of rotatable bonds is 12. The maximum Gasteiger partial charge on any atom is 0.327 e. The van der Waals surface area contributed by atoms with E-state index in [0.29, 0.717) is 37.4 Å². The molecule has 2 unspecified atom stereocenters. The number of carbonyl (C=O) groups is 4. The van der Waals surface area contributed by atoms with E-state index < -0.39 is 0 Å². The van der Waals surface area contributed by atoms with Gasteiger partial charge in [-0.15, -0.1) is 0 Å². The van der Waals surface area contributed by atoms with Crippen LogP contribution in [0.5, 0.6) is 0 Å². The highest BCUT2D eigenvalue weighted by atomic mass is 16.2. The zero-order valence-corrected chi connectivity index (χ0v) is 22.1. The number of nitrogens with zero attached hydrogens (tertiary/aromatic N) is 2. The number of anilines is 1. The molecule has 198 valence electrons. The topological polar surface area (TPSA) is 98.8 Å². The molecule has 5 amide bonds. The van der Waals surface area contributed by atoms with Crippen LogP contribution in [0.1, 0.15) is 77.7 Å². The molecule has 2 atom stereocenters. The summed E-state index contributed by atoms with van der Waals surface area (Å²) >= 11 is 0. The zero-order chi connectivity index (χ0) is 26.1. The van der Waals surface area contributed by atoms with Gasteiger partial charge in [-0.2, -0.15) is 0 Å². The number of aryl methyl sites for hydroxylation is 1. The largest absolute Gasteiger partial charge is 0.356 e. The lowest BCUT2D eigenvalue weighted by Crippen LogP contribution is -2.63. The van der Waals surface area contributed by atoms with Crippen LogP contribution in [0.3, 0.4) is 0 Å². The van der Waals surface area contributed by atoms with Gasteiger partial charge in [-0.1, -0.05) is 45.7 Å². The normalized spacial score (nSPS) is 19.9. The van der Waals surface area contributed by atoms with Crippen molar-refractivity contribution in [2.75, 3.05) is 25.0 Å². The number of carbonyl (C=O) groups excluding carboxylic acids is 4. The quantitative estimate of drug-likeness (QED) is 0.419. The second-order valence-electron chi connectivity index (χ2n) is 10.4. The highest BCUT2D eigenvalue weighted by Crippen LogP contribution is 2.34. The van der Waals surface area contributed by atoms with Crippen LogP contribution in [0.2, 0.25) is 0 Å². The van der Waals surface area contributed by atoms with Crippen LogP contribution in [0.15, 0.2) is 24.3 Å². The molecule has 2 N–H and O–H groups in total. The number of amides is 5. The molecular formula is C28H42N4O4. The average molecular weight is 499 g/mol. The lowest BCUT2D eigenvalue weighted by atomic mass is 9.81. The molecule has 1 saturated heterocycles. The number of unbranched alkanes of at least 4 members (excludes halogenated alkanes) is 1. The number of benzene rings is 1. The second-order valence-corrected chi connectivity index (χ2v) is 10.4. The number of imide groups is 1. The Bertz CT molecular complexity index is 915. The number of urea groups is 1. The molecule has 1 aliphatic carbocycles. The summed E-state index contributed by atoms with van der Waals surface area (Å²) in [5, 5.41) is 5.81. The SMILES string of the molecule is CCc1ccc(NC(=O)CN2C(=O)N(CCCCC(=O)NCCC(C)C)C(=O)C3CCCCC32)cc1. The van der Waals surface area contributed by atoms with Gasteiger partial charge in [0.05, 0.1) is 5.92 Å².